The summed E-state index contributed by atoms with van der Waals surface area (Å²) in [6, 6.07) is 7.52. The second-order valence-electron chi connectivity index (χ2n) is 5.12. The lowest BCUT2D eigenvalue weighted by molar-refractivity contribution is 0.282. The molecule has 1 rings (SSSR count). The summed E-state index contributed by atoms with van der Waals surface area (Å²) in [6.45, 7) is 4.47. The molecule has 0 saturated heterocycles. The Kier molecular flexibility index (Phi) is 6.48. The number of hydrogen-bond donors (Lipinski definition) is 2. The van der Waals surface area contributed by atoms with Gasteiger partial charge in [-0.15, -0.1) is 0 Å². The van der Waals surface area contributed by atoms with Crippen LogP contribution >= 0.6 is 0 Å². The summed E-state index contributed by atoms with van der Waals surface area (Å²) in [5.41, 5.74) is 1.92. The fourth-order valence-electron chi connectivity index (χ4n) is 1.63. The van der Waals surface area contributed by atoms with Crippen LogP contribution in [0.2, 0.25) is 0 Å². The maximum absolute atomic E-state index is 11.7. The van der Waals surface area contributed by atoms with Crippen molar-refractivity contribution in [3.63, 3.8) is 0 Å². The van der Waals surface area contributed by atoms with Crippen molar-refractivity contribution in [2.45, 2.75) is 33.3 Å². The van der Waals surface area contributed by atoms with E-state index >= 15 is 0 Å². The molecule has 19 heavy (non-hydrogen) atoms. The van der Waals surface area contributed by atoms with Gasteiger partial charge in [0.05, 0.1) is 12.4 Å². The normalized spacial score (nSPS) is 12.0. The maximum Gasteiger partial charge on any atom is 0.211 e. The van der Waals surface area contributed by atoms with Gasteiger partial charge in [0.1, 0.15) is 0 Å². The number of aliphatic hydroxyl groups excluding tert-OH is 1. The summed E-state index contributed by atoms with van der Waals surface area (Å²) in [5.74, 6) is 0.580. The van der Waals surface area contributed by atoms with E-state index in [2.05, 4.69) is 4.72 Å². The lowest BCUT2D eigenvalue weighted by Crippen LogP contribution is -2.28. The van der Waals surface area contributed by atoms with Crippen molar-refractivity contribution in [2.24, 2.45) is 5.92 Å². The molecule has 0 amide bonds. The number of sulfonamides is 1. The molecule has 108 valence electrons. The van der Waals surface area contributed by atoms with Crippen LogP contribution in [0.3, 0.4) is 0 Å². The Hall–Kier alpha value is -0.910. The molecule has 1 aromatic carbocycles. The molecule has 0 heterocycles. The van der Waals surface area contributed by atoms with Gasteiger partial charge in [-0.2, -0.15) is 0 Å². The van der Waals surface area contributed by atoms with Gasteiger partial charge < -0.3 is 5.11 Å². The van der Waals surface area contributed by atoms with Gasteiger partial charge in [0.15, 0.2) is 0 Å². The summed E-state index contributed by atoms with van der Waals surface area (Å²) < 4.78 is 26.0. The Morgan fingerprint density at radius 2 is 1.74 bits per heavy atom. The van der Waals surface area contributed by atoms with Gasteiger partial charge in [-0.05, 0) is 29.9 Å². The highest BCUT2D eigenvalue weighted by Gasteiger charge is 2.10. The highest BCUT2D eigenvalue weighted by atomic mass is 32.2. The van der Waals surface area contributed by atoms with Crippen LogP contribution in [0, 0.1) is 5.92 Å². The largest absolute Gasteiger partial charge is 0.392 e. The molecule has 0 saturated carbocycles. The van der Waals surface area contributed by atoms with Crippen LogP contribution in [0.25, 0.3) is 0 Å². The second-order valence-corrected chi connectivity index (χ2v) is 7.05. The highest BCUT2D eigenvalue weighted by molar-refractivity contribution is 7.89. The zero-order valence-electron chi connectivity index (χ0n) is 11.6. The molecule has 2 N–H and O–H groups in total. The molecule has 4 nitrogen and oxygen atoms in total. The van der Waals surface area contributed by atoms with Crippen molar-refractivity contribution in [1.29, 1.82) is 0 Å². The molecule has 0 unspecified atom stereocenters. The van der Waals surface area contributed by atoms with Gasteiger partial charge in [0.25, 0.3) is 0 Å². The molecule has 0 radical (unpaired) electrons. The topological polar surface area (TPSA) is 66.4 Å². The molecule has 0 aliphatic rings. The van der Waals surface area contributed by atoms with Crippen LogP contribution in [0.4, 0.5) is 0 Å². The fraction of sp³-hybridized carbons (Fsp3) is 0.571. The molecule has 0 atom stereocenters. The summed E-state index contributed by atoms with van der Waals surface area (Å²) in [5, 5.41) is 8.92. The molecule has 0 aromatic heterocycles. The number of rotatable bonds is 8. The van der Waals surface area contributed by atoms with E-state index in [9.17, 15) is 8.42 Å². The zero-order valence-corrected chi connectivity index (χ0v) is 12.4. The molecule has 0 aliphatic carbocycles. The van der Waals surface area contributed by atoms with Crippen molar-refractivity contribution in [1.82, 2.24) is 4.72 Å². The van der Waals surface area contributed by atoms with Gasteiger partial charge in [0, 0.05) is 6.54 Å². The third kappa shape index (κ3) is 6.71. The quantitative estimate of drug-likeness (QED) is 0.764. The van der Waals surface area contributed by atoms with Gasteiger partial charge in [-0.25, -0.2) is 13.1 Å². The lowest BCUT2D eigenvalue weighted by atomic mass is 10.1. The Bertz CT molecular complexity index is 466. The smallest absolute Gasteiger partial charge is 0.211 e. The van der Waals surface area contributed by atoms with E-state index in [0.29, 0.717) is 25.3 Å². The van der Waals surface area contributed by atoms with E-state index in [-0.39, 0.29) is 12.4 Å². The predicted molar refractivity (Wildman–Crippen MR) is 77.3 cm³/mol. The van der Waals surface area contributed by atoms with Gasteiger partial charge in [0.2, 0.25) is 10.0 Å². The van der Waals surface area contributed by atoms with Gasteiger partial charge in [-0.3, -0.25) is 0 Å². The number of nitrogens with one attached hydrogen (secondary N) is 1. The fourth-order valence-corrected chi connectivity index (χ4v) is 2.96. The van der Waals surface area contributed by atoms with Crippen LogP contribution in [-0.2, 0) is 23.1 Å². The van der Waals surface area contributed by atoms with Crippen molar-refractivity contribution >= 4 is 10.0 Å². The maximum atomic E-state index is 11.7. The average Bonchev–Trinajstić information content (AvgIpc) is 2.37. The average molecular weight is 285 g/mol. The summed E-state index contributed by atoms with van der Waals surface area (Å²) in [6.07, 6.45) is 1.34. The van der Waals surface area contributed by atoms with E-state index in [4.69, 9.17) is 5.11 Å². The standard InChI is InChI=1S/C14H23NO3S/c1-12(2)8-10-19(17,18)15-9-7-13-3-5-14(11-16)6-4-13/h3-6,12,15-16H,7-11H2,1-2H3. The van der Waals surface area contributed by atoms with Crippen molar-refractivity contribution in [2.75, 3.05) is 12.3 Å². The molecular formula is C14H23NO3S. The van der Waals surface area contributed by atoms with Crippen LogP contribution in [0.15, 0.2) is 24.3 Å². The van der Waals surface area contributed by atoms with Crippen LogP contribution in [0.1, 0.15) is 31.4 Å². The Morgan fingerprint density at radius 1 is 1.16 bits per heavy atom. The van der Waals surface area contributed by atoms with Crippen LogP contribution in [-0.4, -0.2) is 25.8 Å². The molecule has 0 spiro atoms. The first-order valence-corrected chi connectivity index (χ1v) is 8.24. The zero-order chi connectivity index (χ0) is 14.3. The minimum atomic E-state index is -3.15. The molecule has 1 aromatic rings. The first-order chi connectivity index (χ1) is 8.93. The monoisotopic (exact) mass is 285 g/mol. The SMILES string of the molecule is CC(C)CCS(=O)(=O)NCCc1ccc(CO)cc1. The van der Waals surface area contributed by atoms with E-state index in [1.807, 2.05) is 38.1 Å². The van der Waals surface area contributed by atoms with Crippen molar-refractivity contribution in [3.05, 3.63) is 35.4 Å². The lowest BCUT2D eigenvalue weighted by Gasteiger charge is -2.08. The summed E-state index contributed by atoms with van der Waals surface area (Å²) in [7, 11) is -3.15. The Morgan fingerprint density at radius 3 is 2.26 bits per heavy atom. The number of aliphatic hydroxyl groups is 1. The van der Waals surface area contributed by atoms with Gasteiger partial charge in [-0.1, -0.05) is 38.1 Å². The molecule has 0 bridgehead atoms. The third-order valence-corrected chi connectivity index (χ3v) is 4.32. The summed E-state index contributed by atoms with van der Waals surface area (Å²) >= 11 is 0. The van der Waals surface area contributed by atoms with Crippen LogP contribution < -0.4 is 4.72 Å². The highest BCUT2D eigenvalue weighted by Crippen LogP contribution is 2.05. The minimum absolute atomic E-state index is 0.0299. The van der Waals surface area contributed by atoms with E-state index in [1.165, 1.54) is 0 Å². The second kappa shape index (κ2) is 7.62. The predicted octanol–water partition coefficient (Wildman–Crippen LogP) is 1.69. The molecular weight excluding hydrogens is 262 g/mol. The minimum Gasteiger partial charge on any atom is -0.392 e. The Balaban J connectivity index is 2.36. The number of hydrogen-bond acceptors (Lipinski definition) is 3. The van der Waals surface area contributed by atoms with Crippen molar-refractivity contribution in [3.8, 4) is 0 Å². The van der Waals surface area contributed by atoms with Crippen LogP contribution in [0.5, 0.6) is 0 Å². The third-order valence-electron chi connectivity index (χ3n) is 2.91. The molecule has 5 heteroatoms. The molecule has 0 aliphatic heterocycles. The number of benzene rings is 1. The summed E-state index contributed by atoms with van der Waals surface area (Å²) in [4.78, 5) is 0. The first-order valence-electron chi connectivity index (χ1n) is 6.59. The van der Waals surface area contributed by atoms with Gasteiger partial charge >= 0.3 is 0 Å². The Labute approximate surface area is 115 Å². The van der Waals surface area contributed by atoms with E-state index < -0.39 is 10.0 Å². The van der Waals surface area contributed by atoms with E-state index in [1.54, 1.807) is 0 Å². The molecule has 0 fully saturated rings. The first kappa shape index (κ1) is 16.1. The van der Waals surface area contributed by atoms with Crippen molar-refractivity contribution < 1.29 is 13.5 Å². The van der Waals surface area contributed by atoms with E-state index in [0.717, 1.165) is 11.1 Å².